The number of hydrogen-bond donors (Lipinski definition) is 3. The number of amides is 3. The van der Waals surface area contributed by atoms with Crippen LogP contribution in [0.4, 0.5) is 11.4 Å². The second kappa shape index (κ2) is 9.83. The number of nitrogens with one attached hydrogen (secondary N) is 3. The van der Waals surface area contributed by atoms with Gasteiger partial charge in [0.15, 0.2) is 6.61 Å². The van der Waals surface area contributed by atoms with E-state index in [9.17, 15) is 24.5 Å². The summed E-state index contributed by atoms with van der Waals surface area (Å²) in [7, 11) is 0. The third-order valence-corrected chi connectivity index (χ3v) is 3.67. The third-order valence-electron chi connectivity index (χ3n) is 3.67. The summed E-state index contributed by atoms with van der Waals surface area (Å²) in [6.07, 6.45) is 0. The van der Waals surface area contributed by atoms with Crippen LogP contribution in [0.15, 0.2) is 48.5 Å². The number of nitro benzene ring substituents is 1. The molecule has 0 heterocycles. The average molecular weight is 400 g/mol. The minimum Gasteiger partial charge on any atom is -0.484 e. The zero-order valence-corrected chi connectivity index (χ0v) is 15.8. The zero-order valence-electron chi connectivity index (χ0n) is 15.8. The van der Waals surface area contributed by atoms with Crippen molar-refractivity contribution in [1.82, 2.24) is 10.9 Å². The Morgan fingerprint density at radius 3 is 2.17 bits per heavy atom. The maximum atomic E-state index is 12.0. The van der Waals surface area contributed by atoms with Crippen LogP contribution in [-0.2, 0) is 9.59 Å². The van der Waals surface area contributed by atoms with E-state index in [-0.39, 0.29) is 28.8 Å². The van der Waals surface area contributed by atoms with Gasteiger partial charge in [0.2, 0.25) is 5.91 Å². The van der Waals surface area contributed by atoms with E-state index in [1.54, 1.807) is 26.0 Å². The largest absolute Gasteiger partial charge is 0.484 e. The van der Waals surface area contributed by atoms with Crippen LogP contribution in [0.3, 0.4) is 0 Å². The van der Waals surface area contributed by atoms with Crippen LogP contribution in [0.25, 0.3) is 0 Å². The van der Waals surface area contributed by atoms with E-state index in [0.717, 1.165) is 0 Å². The number of ether oxygens (including phenoxy) is 1. The molecule has 0 fully saturated rings. The van der Waals surface area contributed by atoms with Crippen LogP contribution >= 0.6 is 0 Å². The van der Waals surface area contributed by atoms with E-state index >= 15 is 0 Å². The van der Waals surface area contributed by atoms with Gasteiger partial charge >= 0.3 is 0 Å². The lowest BCUT2D eigenvalue weighted by Crippen LogP contribution is -2.43. The third kappa shape index (κ3) is 6.61. The molecule has 0 spiro atoms. The molecule has 10 nitrogen and oxygen atoms in total. The second-order valence-corrected chi connectivity index (χ2v) is 6.26. The lowest BCUT2D eigenvalue weighted by atomic mass is 10.1. The number of nitrogens with zero attached hydrogens (tertiary/aromatic N) is 1. The number of anilines is 1. The topological polar surface area (TPSA) is 140 Å². The van der Waals surface area contributed by atoms with Crippen LogP contribution < -0.4 is 20.9 Å². The monoisotopic (exact) mass is 400 g/mol. The summed E-state index contributed by atoms with van der Waals surface area (Å²) >= 11 is 0. The van der Waals surface area contributed by atoms with Gasteiger partial charge in [0.1, 0.15) is 5.75 Å². The van der Waals surface area contributed by atoms with Gasteiger partial charge in [0.25, 0.3) is 17.5 Å². The maximum Gasteiger partial charge on any atom is 0.276 e. The fourth-order valence-corrected chi connectivity index (χ4v) is 2.04. The molecule has 0 saturated carbocycles. The summed E-state index contributed by atoms with van der Waals surface area (Å²) in [5.74, 6) is -1.19. The van der Waals surface area contributed by atoms with Crippen molar-refractivity contribution >= 4 is 29.1 Å². The summed E-state index contributed by atoms with van der Waals surface area (Å²) in [6.45, 7) is 3.15. The summed E-state index contributed by atoms with van der Waals surface area (Å²) in [5, 5.41) is 13.3. The van der Waals surface area contributed by atoms with E-state index in [0.29, 0.717) is 5.69 Å². The fraction of sp³-hybridized carbons (Fsp3) is 0.211. The standard InChI is InChI=1S/C19H20N4O6/c1-12(2)18(25)20-14-5-3-13(4-6-14)19(26)22-21-17(24)11-29-16-9-7-15(8-10-16)23(27)28/h3-10,12H,11H2,1-2H3,(H,20,25)(H,21,24)(H,22,26). The molecule has 29 heavy (non-hydrogen) atoms. The Labute approximate surface area is 166 Å². The average Bonchev–Trinajstić information content (AvgIpc) is 2.71. The summed E-state index contributed by atoms with van der Waals surface area (Å²) in [4.78, 5) is 45.5. The van der Waals surface area contributed by atoms with Crippen molar-refractivity contribution < 1.29 is 24.0 Å². The molecule has 0 bridgehead atoms. The van der Waals surface area contributed by atoms with E-state index in [1.165, 1.54) is 36.4 Å². The highest BCUT2D eigenvalue weighted by Gasteiger charge is 2.11. The van der Waals surface area contributed by atoms with Crippen molar-refractivity contribution in [3.8, 4) is 5.75 Å². The highest BCUT2D eigenvalue weighted by Crippen LogP contribution is 2.17. The van der Waals surface area contributed by atoms with E-state index < -0.39 is 23.3 Å². The molecule has 0 aromatic heterocycles. The summed E-state index contributed by atoms with van der Waals surface area (Å²) in [5.41, 5.74) is 5.19. The molecule has 0 aliphatic rings. The smallest absolute Gasteiger partial charge is 0.276 e. The first-order valence-electron chi connectivity index (χ1n) is 8.63. The molecule has 152 valence electrons. The first-order valence-corrected chi connectivity index (χ1v) is 8.63. The SMILES string of the molecule is CC(C)C(=O)Nc1ccc(C(=O)NNC(=O)COc2ccc([N+](=O)[O-])cc2)cc1. The number of rotatable bonds is 7. The molecule has 0 radical (unpaired) electrons. The van der Waals surface area contributed by atoms with Gasteiger partial charge < -0.3 is 10.1 Å². The number of hydrazine groups is 1. The van der Waals surface area contributed by atoms with Crippen LogP contribution in [0.5, 0.6) is 5.75 Å². The normalized spacial score (nSPS) is 10.2. The Morgan fingerprint density at radius 2 is 1.62 bits per heavy atom. The van der Waals surface area contributed by atoms with Crippen molar-refractivity contribution in [3.63, 3.8) is 0 Å². The van der Waals surface area contributed by atoms with E-state index in [4.69, 9.17) is 4.74 Å². The Kier molecular flexibility index (Phi) is 7.24. The fourth-order valence-electron chi connectivity index (χ4n) is 2.04. The molecule has 2 rings (SSSR count). The quantitative estimate of drug-likeness (QED) is 0.480. The van der Waals surface area contributed by atoms with Crippen molar-refractivity contribution in [2.45, 2.75) is 13.8 Å². The Hall–Kier alpha value is -3.95. The zero-order chi connectivity index (χ0) is 21.4. The summed E-state index contributed by atoms with van der Waals surface area (Å²) < 4.78 is 5.19. The van der Waals surface area contributed by atoms with Gasteiger partial charge in [-0.1, -0.05) is 13.8 Å². The minimum absolute atomic E-state index is 0.0937. The molecule has 0 unspecified atom stereocenters. The number of benzene rings is 2. The van der Waals surface area contributed by atoms with Crippen molar-refractivity contribution in [1.29, 1.82) is 0 Å². The Morgan fingerprint density at radius 1 is 1.00 bits per heavy atom. The van der Waals surface area contributed by atoms with Crippen molar-refractivity contribution in [3.05, 3.63) is 64.2 Å². The maximum absolute atomic E-state index is 12.0. The molecule has 3 amide bonds. The summed E-state index contributed by atoms with van der Waals surface area (Å²) in [6, 6.07) is 11.4. The highest BCUT2D eigenvalue weighted by molar-refractivity contribution is 5.97. The van der Waals surface area contributed by atoms with E-state index in [1.807, 2.05) is 0 Å². The van der Waals surface area contributed by atoms with Crippen LogP contribution in [0.1, 0.15) is 24.2 Å². The number of nitro groups is 1. The lowest BCUT2D eigenvalue weighted by Gasteiger charge is -2.10. The minimum atomic E-state index is -0.613. The van der Waals surface area contributed by atoms with Gasteiger partial charge in [0, 0.05) is 29.3 Å². The molecule has 0 atom stereocenters. The van der Waals surface area contributed by atoms with Gasteiger partial charge in [-0.05, 0) is 36.4 Å². The molecular formula is C19H20N4O6. The van der Waals surface area contributed by atoms with Crippen LogP contribution in [0.2, 0.25) is 0 Å². The number of non-ortho nitro benzene ring substituents is 1. The van der Waals surface area contributed by atoms with Crippen LogP contribution in [-0.4, -0.2) is 29.3 Å². The Bertz CT molecular complexity index is 894. The van der Waals surface area contributed by atoms with Crippen molar-refractivity contribution in [2.75, 3.05) is 11.9 Å². The van der Waals surface area contributed by atoms with Gasteiger partial charge in [-0.3, -0.25) is 35.3 Å². The number of carbonyl (C=O) groups excluding carboxylic acids is 3. The number of hydrogen-bond acceptors (Lipinski definition) is 6. The van der Waals surface area contributed by atoms with Gasteiger partial charge in [-0.15, -0.1) is 0 Å². The number of carbonyl (C=O) groups is 3. The van der Waals surface area contributed by atoms with Gasteiger partial charge in [-0.25, -0.2) is 0 Å². The molecule has 0 aliphatic heterocycles. The predicted molar refractivity (Wildman–Crippen MR) is 104 cm³/mol. The highest BCUT2D eigenvalue weighted by atomic mass is 16.6. The van der Waals surface area contributed by atoms with E-state index in [2.05, 4.69) is 16.2 Å². The molecule has 0 saturated heterocycles. The molecule has 0 aliphatic carbocycles. The van der Waals surface area contributed by atoms with Gasteiger partial charge in [-0.2, -0.15) is 0 Å². The lowest BCUT2D eigenvalue weighted by molar-refractivity contribution is -0.384. The molecule has 3 N–H and O–H groups in total. The molecule has 2 aromatic carbocycles. The predicted octanol–water partition coefficient (Wildman–Crippen LogP) is 2.03. The molecular weight excluding hydrogens is 380 g/mol. The van der Waals surface area contributed by atoms with Crippen LogP contribution in [0, 0.1) is 16.0 Å². The first-order chi connectivity index (χ1) is 13.8. The van der Waals surface area contributed by atoms with Gasteiger partial charge in [0.05, 0.1) is 4.92 Å². The second-order valence-electron chi connectivity index (χ2n) is 6.26. The van der Waals surface area contributed by atoms with Crippen molar-refractivity contribution in [2.24, 2.45) is 5.92 Å². The first kappa shape index (κ1) is 21.4. The molecule has 10 heteroatoms. The Balaban J connectivity index is 1.78. The molecule has 2 aromatic rings.